The summed E-state index contributed by atoms with van der Waals surface area (Å²) in [5.74, 6) is -0.445. The molecule has 0 radical (unpaired) electrons. The van der Waals surface area contributed by atoms with Crippen molar-refractivity contribution in [1.29, 1.82) is 0 Å². The third-order valence-electron chi connectivity index (χ3n) is 6.66. The second kappa shape index (κ2) is 9.70. The van der Waals surface area contributed by atoms with Crippen LogP contribution in [0.2, 0.25) is 0 Å². The molecule has 4 heterocycles. The maximum absolute atomic E-state index is 14.0. The number of ether oxygens (including phenoxy) is 1. The molecule has 1 N–H and O–H groups in total. The van der Waals surface area contributed by atoms with Crippen LogP contribution >= 0.6 is 22.7 Å². The molecule has 2 aromatic carbocycles. The van der Waals surface area contributed by atoms with Crippen molar-refractivity contribution in [2.75, 3.05) is 6.61 Å². The predicted octanol–water partition coefficient (Wildman–Crippen LogP) is 5.32. The summed E-state index contributed by atoms with van der Waals surface area (Å²) in [6.07, 6.45) is 1.96. The van der Waals surface area contributed by atoms with Gasteiger partial charge in [0.25, 0.3) is 5.56 Å². The van der Waals surface area contributed by atoms with Crippen LogP contribution in [-0.4, -0.2) is 22.1 Å². The first-order valence-corrected chi connectivity index (χ1v) is 14.1. The Morgan fingerprint density at radius 1 is 1.13 bits per heavy atom. The van der Waals surface area contributed by atoms with E-state index in [2.05, 4.69) is 42.2 Å². The predicted molar refractivity (Wildman–Crippen MR) is 153 cm³/mol. The molecule has 1 aliphatic rings. The number of aromatic nitrogens is 2. The molecule has 5 aromatic rings. The average molecular weight is 540 g/mol. The number of nitrogens with zero attached hydrogens (tertiary/aromatic N) is 2. The Kier molecular flexibility index (Phi) is 6.21. The zero-order chi connectivity index (χ0) is 26.4. The highest BCUT2D eigenvalue weighted by Gasteiger charge is 2.34. The number of thiazole rings is 1. The normalized spacial score (nSPS) is 15.6. The van der Waals surface area contributed by atoms with Gasteiger partial charge in [0.15, 0.2) is 4.80 Å². The molecule has 1 aliphatic heterocycles. The highest BCUT2D eigenvalue weighted by Crippen LogP contribution is 2.34. The second-order valence-corrected chi connectivity index (χ2v) is 11.1. The molecule has 0 saturated heterocycles. The lowest BCUT2D eigenvalue weighted by Gasteiger charge is -2.23. The summed E-state index contributed by atoms with van der Waals surface area (Å²) >= 11 is 2.85. The molecule has 0 bridgehead atoms. The monoisotopic (exact) mass is 539 g/mol. The number of allylic oxidation sites excluding steroid dienone is 1. The molecule has 0 fully saturated rings. The number of hydrogen-bond donors (Lipinski definition) is 1. The van der Waals surface area contributed by atoms with E-state index in [1.807, 2.05) is 41.8 Å². The van der Waals surface area contributed by atoms with Gasteiger partial charge >= 0.3 is 5.97 Å². The molecule has 0 aliphatic carbocycles. The fourth-order valence-electron chi connectivity index (χ4n) is 4.95. The molecule has 6 rings (SSSR count). The van der Waals surface area contributed by atoms with Crippen LogP contribution in [0.5, 0.6) is 0 Å². The van der Waals surface area contributed by atoms with Crippen molar-refractivity contribution < 1.29 is 9.53 Å². The van der Waals surface area contributed by atoms with Gasteiger partial charge in [-0.1, -0.05) is 59.4 Å². The summed E-state index contributed by atoms with van der Waals surface area (Å²) in [4.78, 5) is 36.8. The van der Waals surface area contributed by atoms with Crippen molar-refractivity contribution >= 4 is 45.6 Å². The molecule has 0 spiro atoms. The van der Waals surface area contributed by atoms with E-state index in [1.165, 1.54) is 22.7 Å². The quantitative estimate of drug-likeness (QED) is 0.307. The molecule has 8 heteroatoms. The van der Waals surface area contributed by atoms with Crippen molar-refractivity contribution in [2.45, 2.75) is 26.8 Å². The van der Waals surface area contributed by atoms with Crippen molar-refractivity contribution in [2.24, 2.45) is 4.99 Å². The molecule has 1 atom stereocenters. The minimum Gasteiger partial charge on any atom is -0.463 e. The van der Waals surface area contributed by atoms with Crippen molar-refractivity contribution in [1.82, 2.24) is 9.55 Å². The number of thiophene rings is 1. The zero-order valence-corrected chi connectivity index (χ0v) is 22.8. The summed E-state index contributed by atoms with van der Waals surface area (Å²) in [5, 5.41) is 3.00. The molecule has 190 valence electrons. The van der Waals surface area contributed by atoms with Gasteiger partial charge < -0.3 is 9.72 Å². The molecule has 38 heavy (non-hydrogen) atoms. The number of esters is 1. The van der Waals surface area contributed by atoms with Gasteiger partial charge in [0.2, 0.25) is 0 Å². The number of carbonyl (C=O) groups is 1. The van der Waals surface area contributed by atoms with E-state index in [0.29, 0.717) is 20.6 Å². The van der Waals surface area contributed by atoms with E-state index in [4.69, 9.17) is 9.73 Å². The number of benzene rings is 2. The molecule has 6 nitrogen and oxygen atoms in total. The number of aryl methyl sites for hydroxylation is 1. The summed E-state index contributed by atoms with van der Waals surface area (Å²) in [5.41, 5.74) is 5.89. The van der Waals surface area contributed by atoms with Crippen molar-refractivity contribution in [3.05, 3.63) is 113 Å². The Morgan fingerprint density at radius 3 is 2.68 bits per heavy atom. The van der Waals surface area contributed by atoms with Crippen LogP contribution in [0.1, 0.15) is 35.9 Å². The van der Waals surface area contributed by atoms with Gasteiger partial charge in [0.05, 0.1) is 28.1 Å². The summed E-state index contributed by atoms with van der Waals surface area (Å²) in [6, 6.07) is 19.7. The Bertz CT molecular complexity index is 1890. The number of H-pyrrole nitrogens is 1. The molecule has 0 amide bonds. The number of nitrogens with one attached hydrogen (secondary N) is 1. The maximum atomic E-state index is 14.0. The maximum Gasteiger partial charge on any atom is 0.338 e. The Labute approximate surface area is 226 Å². The Balaban J connectivity index is 1.61. The highest BCUT2D eigenvalue weighted by atomic mass is 32.1. The lowest BCUT2D eigenvalue weighted by atomic mass is 10.0. The number of hydrogen-bond acceptors (Lipinski definition) is 6. The number of fused-ring (bicyclic) bond motifs is 2. The van der Waals surface area contributed by atoms with Gasteiger partial charge in [0.1, 0.15) is 6.04 Å². The van der Waals surface area contributed by atoms with Crippen molar-refractivity contribution in [3.63, 3.8) is 0 Å². The standard InChI is InChI=1S/C30H25N3O3S2/c1-4-36-29(35)25-18(3)31-30-33(27(25)23-11-8-14-37-23)28(34)24(38-30)16-21-20-15-17(2)12-13-22(20)32-26(21)19-9-6-5-7-10-19/h5-16,27,32H,4H2,1-3H3/t27-/m0/s1. The van der Waals surface area contributed by atoms with Crippen LogP contribution < -0.4 is 14.9 Å². The van der Waals surface area contributed by atoms with E-state index >= 15 is 0 Å². The van der Waals surface area contributed by atoms with Gasteiger partial charge in [-0.15, -0.1) is 11.3 Å². The van der Waals surface area contributed by atoms with E-state index in [9.17, 15) is 9.59 Å². The summed E-state index contributed by atoms with van der Waals surface area (Å²) in [7, 11) is 0. The average Bonchev–Trinajstić information content (AvgIpc) is 3.63. The minimum absolute atomic E-state index is 0.178. The Morgan fingerprint density at radius 2 is 1.95 bits per heavy atom. The summed E-state index contributed by atoms with van der Waals surface area (Å²) < 4.78 is 7.58. The van der Waals surface area contributed by atoms with E-state index in [0.717, 1.165) is 38.2 Å². The number of carbonyl (C=O) groups excluding carboxylic acids is 1. The Hall–Kier alpha value is -4.01. The minimum atomic E-state index is -0.578. The van der Waals surface area contributed by atoms with Gasteiger partial charge in [-0.3, -0.25) is 9.36 Å². The van der Waals surface area contributed by atoms with Gasteiger partial charge in [-0.05, 0) is 56.0 Å². The lowest BCUT2D eigenvalue weighted by molar-refractivity contribution is -0.139. The second-order valence-electron chi connectivity index (χ2n) is 9.15. The number of aromatic amines is 1. The first-order chi connectivity index (χ1) is 18.5. The third kappa shape index (κ3) is 4.06. The first kappa shape index (κ1) is 24.3. The van der Waals surface area contributed by atoms with E-state index in [1.54, 1.807) is 18.4 Å². The van der Waals surface area contributed by atoms with Gasteiger partial charge in [0, 0.05) is 21.3 Å². The fraction of sp³-hybridized carbons (Fsp3) is 0.167. The number of rotatable bonds is 5. The van der Waals surface area contributed by atoms with Crippen molar-refractivity contribution in [3.8, 4) is 11.3 Å². The molecular formula is C30H25N3O3S2. The van der Waals surface area contributed by atoms with E-state index < -0.39 is 12.0 Å². The topological polar surface area (TPSA) is 76.4 Å². The van der Waals surface area contributed by atoms with Crippen LogP contribution in [0.15, 0.2) is 87.1 Å². The highest BCUT2D eigenvalue weighted by molar-refractivity contribution is 7.10. The van der Waals surface area contributed by atoms with E-state index in [-0.39, 0.29) is 12.2 Å². The molecular weight excluding hydrogens is 514 g/mol. The first-order valence-electron chi connectivity index (χ1n) is 12.4. The van der Waals surface area contributed by atoms with Crippen LogP contribution in [0.3, 0.4) is 0 Å². The fourth-order valence-corrected chi connectivity index (χ4v) is 6.80. The molecule has 0 unspecified atom stereocenters. The molecule has 0 saturated carbocycles. The van der Waals surface area contributed by atoms with Crippen LogP contribution in [0.25, 0.3) is 28.2 Å². The van der Waals surface area contributed by atoms with Gasteiger partial charge in [-0.25, -0.2) is 9.79 Å². The largest absolute Gasteiger partial charge is 0.463 e. The SMILES string of the molecule is CCOC(=O)C1=C(C)N=c2sc(=Cc3c(-c4ccccc4)[nH]c4ccc(C)cc34)c(=O)n2[C@H]1c1cccs1. The third-order valence-corrected chi connectivity index (χ3v) is 8.57. The van der Waals surface area contributed by atoms with Crippen LogP contribution in [-0.2, 0) is 9.53 Å². The van der Waals surface area contributed by atoms with Gasteiger partial charge in [-0.2, -0.15) is 0 Å². The van der Waals surface area contributed by atoms with Crippen LogP contribution in [0, 0.1) is 6.92 Å². The smallest absolute Gasteiger partial charge is 0.338 e. The zero-order valence-electron chi connectivity index (χ0n) is 21.1. The lowest BCUT2D eigenvalue weighted by Crippen LogP contribution is -2.39. The summed E-state index contributed by atoms with van der Waals surface area (Å²) in [6.45, 7) is 5.89. The van der Waals surface area contributed by atoms with Crippen LogP contribution in [0.4, 0.5) is 0 Å². The molecule has 3 aromatic heterocycles.